The van der Waals surface area contributed by atoms with Gasteiger partial charge in [0.2, 0.25) is 0 Å². The van der Waals surface area contributed by atoms with Crippen LogP contribution in [0.2, 0.25) is 0 Å². The lowest BCUT2D eigenvalue weighted by molar-refractivity contribution is -0.164. The average Bonchev–Trinajstić information content (AvgIpc) is 3.36. The maximum absolute atomic E-state index is 11.4. The number of hydrogen-bond acceptors (Lipinski definition) is 7. The molecule has 2 heterocycles. The van der Waals surface area contributed by atoms with Gasteiger partial charge in [0, 0.05) is 4.91 Å². The highest BCUT2D eigenvalue weighted by Crippen LogP contribution is 2.33. The molecule has 9 nitrogen and oxygen atoms in total. The summed E-state index contributed by atoms with van der Waals surface area (Å²) in [7, 11) is 0. The minimum absolute atomic E-state index is 0.0308. The van der Waals surface area contributed by atoms with Crippen LogP contribution < -0.4 is 0 Å². The van der Waals surface area contributed by atoms with Crippen molar-refractivity contribution in [3.63, 3.8) is 0 Å². The second-order valence-corrected chi connectivity index (χ2v) is 6.94. The van der Waals surface area contributed by atoms with Gasteiger partial charge >= 0.3 is 6.16 Å². The topological polar surface area (TPSA) is 112 Å². The molecule has 2 saturated heterocycles. The Kier molecular flexibility index (Phi) is 6.46. The van der Waals surface area contributed by atoms with E-state index >= 15 is 0 Å². The summed E-state index contributed by atoms with van der Waals surface area (Å²) < 4.78 is 28.1. The van der Waals surface area contributed by atoms with Crippen molar-refractivity contribution in [2.75, 3.05) is 6.61 Å². The van der Waals surface area contributed by atoms with E-state index < -0.39 is 36.8 Å². The molecule has 0 saturated carbocycles. The number of hydrogen-bond donors (Lipinski definition) is 0. The van der Waals surface area contributed by atoms with E-state index in [0.717, 1.165) is 11.1 Å². The summed E-state index contributed by atoms with van der Waals surface area (Å²) in [6, 6.07) is 18.4. The second kappa shape index (κ2) is 9.60. The molecule has 0 radical (unpaired) electrons. The Bertz CT molecular complexity index is 890. The maximum Gasteiger partial charge on any atom is 0.508 e. The highest BCUT2D eigenvalue weighted by Gasteiger charge is 2.52. The molecule has 0 aliphatic carbocycles. The van der Waals surface area contributed by atoms with Gasteiger partial charge in [-0.25, -0.2) is 4.79 Å². The molecule has 2 aliphatic rings. The van der Waals surface area contributed by atoms with Crippen LogP contribution in [0.15, 0.2) is 65.8 Å². The smallest absolute Gasteiger partial charge is 0.430 e. The number of carbonyl (C=O) groups excluding carboxylic acids is 1. The standard InChI is InChI=1S/C21H21N3O6/c22-24-23-17-19(26-11-14-7-3-1-4-8-14)18(16-13-28-21(25)29-16)30-20(17)27-12-15-9-5-2-6-10-15/h1-10,16-20H,11-13H2/t16-,17?,18-,19+,20-/m1/s1. The zero-order valence-electron chi connectivity index (χ0n) is 16.1. The Labute approximate surface area is 173 Å². The monoisotopic (exact) mass is 411 g/mol. The van der Waals surface area contributed by atoms with Crippen LogP contribution in [0.1, 0.15) is 11.1 Å². The van der Waals surface area contributed by atoms with Crippen molar-refractivity contribution >= 4 is 6.16 Å². The van der Waals surface area contributed by atoms with Crippen LogP contribution in [0.5, 0.6) is 0 Å². The summed E-state index contributed by atoms with van der Waals surface area (Å²) in [4.78, 5) is 14.4. The highest BCUT2D eigenvalue weighted by atomic mass is 16.8. The van der Waals surface area contributed by atoms with Gasteiger partial charge in [0.25, 0.3) is 0 Å². The first-order chi connectivity index (χ1) is 14.7. The Morgan fingerprint density at radius 2 is 1.63 bits per heavy atom. The predicted octanol–water partition coefficient (Wildman–Crippen LogP) is 3.73. The van der Waals surface area contributed by atoms with Crippen molar-refractivity contribution in [1.29, 1.82) is 0 Å². The zero-order valence-corrected chi connectivity index (χ0v) is 16.1. The Morgan fingerprint density at radius 1 is 1.00 bits per heavy atom. The van der Waals surface area contributed by atoms with Crippen molar-refractivity contribution in [1.82, 2.24) is 0 Å². The molecule has 0 spiro atoms. The van der Waals surface area contributed by atoms with Gasteiger partial charge < -0.3 is 23.7 Å². The van der Waals surface area contributed by atoms with Crippen molar-refractivity contribution < 1.29 is 28.5 Å². The van der Waals surface area contributed by atoms with Crippen LogP contribution in [0, 0.1) is 0 Å². The van der Waals surface area contributed by atoms with E-state index in [4.69, 9.17) is 29.2 Å². The van der Waals surface area contributed by atoms with E-state index in [2.05, 4.69) is 10.0 Å². The third kappa shape index (κ3) is 4.72. The van der Waals surface area contributed by atoms with Gasteiger partial charge in [0.15, 0.2) is 12.4 Å². The molecule has 5 atom stereocenters. The average molecular weight is 411 g/mol. The van der Waals surface area contributed by atoms with Crippen LogP contribution in [0.25, 0.3) is 10.4 Å². The number of ether oxygens (including phenoxy) is 5. The third-order valence-corrected chi connectivity index (χ3v) is 4.94. The first-order valence-corrected chi connectivity index (χ1v) is 9.59. The molecule has 4 rings (SSSR count). The SMILES string of the molecule is [N-]=[N+]=NC1[C@H](OCc2ccccc2)O[C@H]([C@H]2COC(=O)O2)[C@H]1OCc1ccccc1. The van der Waals surface area contributed by atoms with E-state index in [0.29, 0.717) is 0 Å². The molecule has 0 bridgehead atoms. The summed E-state index contributed by atoms with van der Waals surface area (Å²) in [6.45, 7) is 0.570. The lowest BCUT2D eigenvalue weighted by Gasteiger charge is -2.23. The van der Waals surface area contributed by atoms with Crippen LogP contribution in [0.4, 0.5) is 4.79 Å². The van der Waals surface area contributed by atoms with E-state index in [1.807, 2.05) is 60.7 Å². The van der Waals surface area contributed by atoms with Crippen LogP contribution in [-0.4, -0.2) is 43.4 Å². The molecule has 0 aromatic heterocycles. The largest absolute Gasteiger partial charge is 0.508 e. The molecule has 2 aromatic rings. The molecule has 2 aliphatic heterocycles. The van der Waals surface area contributed by atoms with Crippen LogP contribution >= 0.6 is 0 Å². The molecule has 1 unspecified atom stereocenters. The van der Waals surface area contributed by atoms with Crippen LogP contribution in [-0.2, 0) is 36.9 Å². The number of benzene rings is 2. The number of nitrogens with zero attached hydrogens (tertiary/aromatic N) is 3. The maximum atomic E-state index is 11.4. The first-order valence-electron chi connectivity index (χ1n) is 9.59. The third-order valence-electron chi connectivity index (χ3n) is 4.94. The zero-order chi connectivity index (χ0) is 20.8. The van der Waals surface area contributed by atoms with E-state index in [-0.39, 0.29) is 19.8 Å². The lowest BCUT2D eigenvalue weighted by Crippen LogP contribution is -2.41. The molecular formula is C21H21N3O6. The summed E-state index contributed by atoms with van der Waals surface area (Å²) in [6.07, 6.45) is -3.68. The number of rotatable bonds is 8. The van der Waals surface area contributed by atoms with E-state index in [9.17, 15) is 4.79 Å². The Hall–Kier alpha value is -3.10. The molecule has 156 valence electrons. The fourth-order valence-corrected chi connectivity index (χ4v) is 3.50. The summed E-state index contributed by atoms with van der Waals surface area (Å²) in [5, 5.41) is 3.88. The molecule has 2 fully saturated rings. The molecule has 0 amide bonds. The molecule has 2 aromatic carbocycles. The quantitative estimate of drug-likeness (QED) is 0.283. The highest BCUT2D eigenvalue weighted by molar-refractivity contribution is 5.62. The van der Waals surface area contributed by atoms with Gasteiger partial charge in [-0.3, -0.25) is 0 Å². The molecule has 9 heteroatoms. The number of carbonyl (C=O) groups is 1. The number of azide groups is 1. The van der Waals surface area contributed by atoms with Crippen molar-refractivity contribution in [2.45, 2.75) is 43.9 Å². The van der Waals surface area contributed by atoms with Crippen molar-refractivity contribution in [3.8, 4) is 0 Å². The van der Waals surface area contributed by atoms with Gasteiger partial charge in [-0.15, -0.1) is 0 Å². The van der Waals surface area contributed by atoms with Gasteiger partial charge in [-0.2, -0.15) is 0 Å². The predicted molar refractivity (Wildman–Crippen MR) is 104 cm³/mol. The van der Waals surface area contributed by atoms with Gasteiger partial charge in [-0.1, -0.05) is 65.8 Å². The fraction of sp³-hybridized carbons (Fsp3) is 0.381. The summed E-state index contributed by atoms with van der Waals surface area (Å²) in [5.74, 6) is 0. The lowest BCUT2D eigenvalue weighted by atomic mass is 10.0. The van der Waals surface area contributed by atoms with Crippen LogP contribution in [0.3, 0.4) is 0 Å². The number of cyclic esters (lactones) is 2. The van der Waals surface area contributed by atoms with Gasteiger partial charge in [0.05, 0.1) is 13.2 Å². The van der Waals surface area contributed by atoms with E-state index in [1.54, 1.807) is 0 Å². The Balaban J connectivity index is 1.51. The fourth-order valence-electron chi connectivity index (χ4n) is 3.50. The van der Waals surface area contributed by atoms with E-state index in [1.165, 1.54) is 0 Å². The summed E-state index contributed by atoms with van der Waals surface area (Å²) in [5.41, 5.74) is 11.0. The van der Waals surface area contributed by atoms with Crippen molar-refractivity contribution in [3.05, 3.63) is 82.2 Å². The minimum atomic E-state index is -0.855. The first kappa shape index (κ1) is 20.2. The van der Waals surface area contributed by atoms with Gasteiger partial charge in [0.1, 0.15) is 24.9 Å². The van der Waals surface area contributed by atoms with Gasteiger partial charge in [-0.05, 0) is 16.7 Å². The van der Waals surface area contributed by atoms with Crippen molar-refractivity contribution in [2.24, 2.45) is 5.11 Å². The minimum Gasteiger partial charge on any atom is -0.430 e. The molecule has 30 heavy (non-hydrogen) atoms. The Morgan fingerprint density at radius 3 is 2.20 bits per heavy atom. The molecular weight excluding hydrogens is 390 g/mol. The second-order valence-electron chi connectivity index (χ2n) is 6.94. The molecule has 0 N–H and O–H groups in total. The summed E-state index contributed by atoms with van der Waals surface area (Å²) >= 11 is 0. The normalized spacial score (nSPS) is 27.9.